The van der Waals surface area contributed by atoms with E-state index in [-0.39, 0.29) is 11.7 Å². The Morgan fingerprint density at radius 3 is 2.28 bits per heavy atom. The second kappa shape index (κ2) is 5.18. The van der Waals surface area contributed by atoms with E-state index in [1.165, 1.54) is 11.6 Å². The molecule has 1 atom stereocenters. The summed E-state index contributed by atoms with van der Waals surface area (Å²) in [7, 11) is 0. The van der Waals surface area contributed by atoms with Crippen LogP contribution in [-0.4, -0.2) is 0 Å². The normalized spacial score (nSPS) is 12.2. The Morgan fingerprint density at radius 2 is 1.67 bits per heavy atom. The van der Waals surface area contributed by atoms with Gasteiger partial charge in [-0.3, -0.25) is 0 Å². The lowest BCUT2D eigenvalue weighted by molar-refractivity contribution is 0.607. The fourth-order valence-corrected chi connectivity index (χ4v) is 2.03. The second-order valence-electron chi connectivity index (χ2n) is 4.63. The zero-order chi connectivity index (χ0) is 13.1. The average molecular weight is 240 g/mol. The number of benzene rings is 2. The summed E-state index contributed by atoms with van der Waals surface area (Å²) in [5.74, 6) is -0.188. The number of aryl methyl sites for hydroxylation is 1. The Labute approximate surface area is 108 Å². The largest absolute Gasteiger partial charge is 0.207 e. The maximum atomic E-state index is 13.7. The molecule has 2 aromatic carbocycles. The van der Waals surface area contributed by atoms with E-state index in [1.54, 1.807) is 6.07 Å². The molecule has 92 valence electrons. The summed E-state index contributed by atoms with van der Waals surface area (Å²) in [6.07, 6.45) is 0. The van der Waals surface area contributed by atoms with Gasteiger partial charge in [-0.1, -0.05) is 61.5 Å². The summed E-state index contributed by atoms with van der Waals surface area (Å²) < 4.78 is 13.7. The molecule has 0 aliphatic carbocycles. The second-order valence-corrected chi connectivity index (χ2v) is 4.63. The molecular weight excluding hydrogens is 223 g/mol. The summed E-state index contributed by atoms with van der Waals surface area (Å²) in [6, 6.07) is 15.1. The quantitative estimate of drug-likeness (QED) is 0.712. The van der Waals surface area contributed by atoms with E-state index in [1.807, 2.05) is 38.1 Å². The van der Waals surface area contributed by atoms with Crippen LogP contribution in [0.1, 0.15) is 29.5 Å². The maximum absolute atomic E-state index is 13.7. The number of rotatable bonds is 3. The van der Waals surface area contributed by atoms with E-state index >= 15 is 0 Å². The Kier molecular flexibility index (Phi) is 3.61. The van der Waals surface area contributed by atoms with E-state index in [9.17, 15) is 4.39 Å². The van der Waals surface area contributed by atoms with Crippen LogP contribution in [-0.2, 0) is 0 Å². The molecule has 0 nitrogen and oxygen atoms in total. The molecule has 0 fully saturated rings. The number of hydrogen-bond donors (Lipinski definition) is 0. The van der Waals surface area contributed by atoms with Crippen LogP contribution in [0.3, 0.4) is 0 Å². The summed E-state index contributed by atoms with van der Waals surface area (Å²) >= 11 is 0. The molecule has 0 heterocycles. The van der Waals surface area contributed by atoms with Crippen molar-refractivity contribution in [1.29, 1.82) is 0 Å². The Morgan fingerprint density at radius 1 is 1.06 bits per heavy atom. The summed E-state index contributed by atoms with van der Waals surface area (Å²) in [6.45, 7) is 8.14. The van der Waals surface area contributed by atoms with Gasteiger partial charge in [0, 0.05) is 5.92 Å². The first-order valence-electron chi connectivity index (χ1n) is 6.10. The van der Waals surface area contributed by atoms with Crippen molar-refractivity contribution in [2.24, 2.45) is 0 Å². The van der Waals surface area contributed by atoms with Crippen LogP contribution in [0, 0.1) is 12.7 Å². The van der Waals surface area contributed by atoms with Crippen LogP contribution >= 0.6 is 0 Å². The molecule has 0 aliphatic heterocycles. The predicted molar refractivity (Wildman–Crippen MR) is 75.0 cm³/mol. The number of hydrogen-bond acceptors (Lipinski definition) is 0. The van der Waals surface area contributed by atoms with Gasteiger partial charge in [-0.2, -0.15) is 0 Å². The minimum Gasteiger partial charge on any atom is -0.207 e. The maximum Gasteiger partial charge on any atom is 0.127 e. The van der Waals surface area contributed by atoms with Crippen molar-refractivity contribution in [2.75, 3.05) is 0 Å². The summed E-state index contributed by atoms with van der Waals surface area (Å²) in [4.78, 5) is 0. The minimum absolute atomic E-state index is 0.0195. The van der Waals surface area contributed by atoms with Crippen LogP contribution in [0.15, 0.2) is 55.1 Å². The van der Waals surface area contributed by atoms with Crippen molar-refractivity contribution in [3.63, 3.8) is 0 Å². The SMILES string of the molecule is C=C(c1ccc(C)cc1)C(C)c1ccccc1F. The fourth-order valence-electron chi connectivity index (χ4n) is 2.03. The molecule has 0 saturated carbocycles. The molecule has 0 radical (unpaired) electrons. The molecule has 18 heavy (non-hydrogen) atoms. The topological polar surface area (TPSA) is 0 Å². The van der Waals surface area contributed by atoms with E-state index < -0.39 is 0 Å². The van der Waals surface area contributed by atoms with Crippen molar-refractivity contribution in [3.8, 4) is 0 Å². The lowest BCUT2D eigenvalue weighted by Gasteiger charge is -2.16. The van der Waals surface area contributed by atoms with Gasteiger partial charge in [-0.05, 0) is 29.7 Å². The van der Waals surface area contributed by atoms with Crippen LogP contribution in [0.25, 0.3) is 5.57 Å². The van der Waals surface area contributed by atoms with Crippen LogP contribution < -0.4 is 0 Å². The van der Waals surface area contributed by atoms with Gasteiger partial charge in [0.05, 0.1) is 0 Å². The van der Waals surface area contributed by atoms with E-state index in [2.05, 4.69) is 18.7 Å². The number of allylic oxidation sites excluding steroid dienone is 1. The molecule has 0 spiro atoms. The third-order valence-electron chi connectivity index (χ3n) is 3.32. The molecule has 0 aromatic heterocycles. The molecule has 1 unspecified atom stereocenters. The molecule has 0 aliphatic rings. The summed E-state index contributed by atoms with van der Waals surface area (Å²) in [5, 5.41) is 0. The van der Waals surface area contributed by atoms with Gasteiger partial charge >= 0.3 is 0 Å². The average Bonchev–Trinajstić information content (AvgIpc) is 2.38. The minimum atomic E-state index is -0.168. The smallest absolute Gasteiger partial charge is 0.127 e. The zero-order valence-corrected chi connectivity index (χ0v) is 10.8. The van der Waals surface area contributed by atoms with Gasteiger partial charge in [-0.15, -0.1) is 0 Å². The molecule has 0 N–H and O–H groups in total. The molecule has 2 aromatic rings. The molecular formula is C17H17F. The first-order valence-corrected chi connectivity index (χ1v) is 6.10. The van der Waals surface area contributed by atoms with Crippen LogP contribution in [0.4, 0.5) is 4.39 Å². The first kappa shape index (κ1) is 12.6. The van der Waals surface area contributed by atoms with Crippen molar-refractivity contribution >= 4 is 5.57 Å². The van der Waals surface area contributed by atoms with Crippen LogP contribution in [0.2, 0.25) is 0 Å². The first-order chi connectivity index (χ1) is 8.59. The third kappa shape index (κ3) is 2.51. The highest BCUT2D eigenvalue weighted by atomic mass is 19.1. The van der Waals surface area contributed by atoms with Gasteiger partial charge in [-0.25, -0.2) is 4.39 Å². The van der Waals surface area contributed by atoms with Crippen molar-refractivity contribution in [1.82, 2.24) is 0 Å². The van der Waals surface area contributed by atoms with Gasteiger partial charge in [0.1, 0.15) is 5.82 Å². The Bertz CT molecular complexity index is 552. The van der Waals surface area contributed by atoms with Crippen molar-refractivity contribution in [3.05, 3.63) is 77.6 Å². The fraction of sp³-hybridized carbons (Fsp3) is 0.176. The molecule has 0 saturated heterocycles. The number of halogens is 1. The van der Waals surface area contributed by atoms with Crippen molar-refractivity contribution in [2.45, 2.75) is 19.8 Å². The molecule has 0 bridgehead atoms. The third-order valence-corrected chi connectivity index (χ3v) is 3.32. The molecule has 1 heteroatoms. The van der Waals surface area contributed by atoms with Crippen LogP contribution in [0.5, 0.6) is 0 Å². The lowest BCUT2D eigenvalue weighted by atomic mass is 9.89. The summed E-state index contributed by atoms with van der Waals surface area (Å²) in [5.41, 5.74) is 3.92. The van der Waals surface area contributed by atoms with Gasteiger partial charge in [0.2, 0.25) is 0 Å². The monoisotopic (exact) mass is 240 g/mol. The highest BCUT2D eigenvalue weighted by Gasteiger charge is 2.14. The zero-order valence-electron chi connectivity index (χ0n) is 10.8. The molecule has 0 amide bonds. The van der Waals surface area contributed by atoms with E-state index in [4.69, 9.17) is 0 Å². The van der Waals surface area contributed by atoms with Gasteiger partial charge in [0.25, 0.3) is 0 Å². The Balaban J connectivity index is 2.29. The van der Waals surface area contributed by atoms with Gasteiger partial charge < -0.3 is 0 Å². The van der Waals surface area contributed by atoms with Gasteiger partial charge in [0.15, 0.2) is 0 Å². The van der Waals surface area contributed by atoms with E-state index in [0.29, 0.717) is 5.56 Å². The van der Waals surface area contributed by atoms with E-state index in [0.717, 1.165) is 11.1 Å². The lowest BCUT2D eigenvalue weighted by Crippen LogP contribution is -1.99. The molecule has 2 rings (SSSR count). The van der Waals surface area contributed by atoms with Crippen molar-refractivity contribution < 1.29 is 4.39 Å². The Hall–Kier alpha value is -1.89. The predicted octanol–water partition coefficient (Wildman–Crippen LogP) is 4.95. The highest BCUT2D eigenvalue weighted by molar-refractivity contribution is 5.69. The standard InChI is InChI=1S/C17H17F/c1-12-8-10-15(11-9-12)13(2)14(3)16-6-4-5-7-17(16)18/h4-11,14H,2H2,1,3H3. The highest BCUT2D eigenvalue weighted by Crippen LogP contribution is 2.31.